The van der Waals surface area contributed by atoms with Gasteiger partial charge in [0.25, 0.3) is 0 Å². The lowest BCUT2D eigenvalue weighted by Crippen LogP contribution is -2.11. The molecule has 8 heteroatoms. The number of benzene rings is 2. The monoisotopic (exact) mass is 468 g/mol. The molecule has 3 aromatic heterocycles. The number of hydrogen-bond acceptors (Lipinski definition) is 7. The van der Waals surface area contributed by atoms with E-state index < -0.39 is 5.91 Å². The molecular weight excluding hydrogens is 444 g/mol. The molecule has 3 heterocycles. The van der Waals surface area contributed by atoms with Gasteiger partial charge in [-0.15, -0.1) is 0 Å². The number of nitrogens with zero attached hydrogens (tertiary/aromatic N) is 3. The number of anilines is 1. The molecule has 8 nitrogen and oxygen atoms in total. The minimum absolute atomic E-state index is 0.0825. The van der Waals surface area contributed by atoms with Crippen molar-refractivity contribution in [1.29, 1.82) is 0 Å². The standard InChI is InChI=1S/C27H24N4O4/c1-30(2)16-17-7-10-19(11-8-17)29-25(22-5-3-13-34-22)24-20-12-9-18(28)15-21(20)31(27(24)33)26(32)23-6-4-14-35-23/h3-15,33H,16,28H2,1-2H3. The zero-order chi connectivity index (χ0) is 24.5. The van der Waals surface area contributed by atoms with Crippen LogP contribution < -0.4 is 5.73 Å². The molecule has 0 atom stereocenters. The second kappa shape index (κ2) is 9.00. The van der Waals surface area contributed by atoms with Gasteiger partial charge in [0.15, 0.2) is 11.5 Å². The maximum Gasteiger partial charge on any atom is 0.300 e. The molecule has 0 amide bonds. The molecule has 0 fully saturated rings. The minimum atomic E-state index is -0.527. The van der Waals surface area contributed by atoms with E-state index in [1.807, 2.05) is 38.4 Å². The van der Waals surface area contributed by atoms with Gasteiger partial charge in [-0.05, 0) is 74.3 Å². The normalized spacial score (nSPS) is 12.0. The third-order valence-electron chi connectivity index (χ3n) is 5.57. The van der Waals surface area contributed by atoms with Crippen LogP contribution in [0.4, 0.5) is 11.4 Å². The number of aliphatic imine (C=N–C) groups is 1. The Labute approximate surface area is 201 Å². The Morgan fingerprint density at radius 3 is 2.31 bits per heavy atom. The molecule has 0 unspecified atom stereocenters. The molecular formula is C27H24N4O4. The molecule has 0 aliphatic rings. The summed E-state index contributed by atoms with van der Waals surface area (Å²) in [5, 5.41) is 12.0. The van der Waals surface area contributed by atoms with Crippen LogP contribution in [-0.4, -0.2) is 40.3 Å². The van der Waals surface area contributed by atoms with Gasteiger partial charge in [-0.25, -0.2) is 9.56 Å². The predicted octanol–water partition coefficient (Wildman–Crippen LogP) is 5.03. The lowest BCUT2D eigenvalue weighted by atomic mass is 10.1. The maximum atomic E-state index is 13.3. The number of rotatable bonds is 6. The van der Waals surface area contributed by atoms with Crippen molar-refractivity contribution in [3.05, 3.63) is 102 Å². The highest BCUT2D eigenvalue weighted by molar-refractivity contribution is 6.22. The Hall–Kier alpha value is -4.56. The zero-order valence-electron chi connectivity index (χ0n) is 19.3. The van der Waals surface area contributed by atoms with Crippen LogP contribution in [0.5, 0.6) is 5.88 Å². The first-order valence-electron chi connectivity index (χ1n) is 11.0. The molecule has 3 N–H and O–H groups in total. The summed E-state index contributed by atoms with van der Waals surface area (Å²) in [6.07, 6.45) is 2.94. The number of nitrogen functional groups attached to an aromatic ring is 1. The van der Waals surface area contributed by atoms with Gasteiger partial charge in [-0.3, -0.25) is 4.79 Å². The Morgan fingerprint density at radius 1 is 1.00 bits per heavy atom. The first-order chi connectivity index (χ1) is 16.9. The lowest BCUT2D eigenvalue weighted by Gasteiger charge is -2.10. The number of carbonyl (C=O) groups is 1. The molecule has 0 spiro atoms. The van der Waals surface area contributed by atoms with E-state index in [0.717, 1.165) is 12.1 Å². The quantitative estimate of drug-likeness (QED) is 0.267. The summed E-state index contributed by atoms with van der Waals surface area (Å²) in [5.41, 5.74) is 9.46. The van der Waals surface area contributed by atoms with Crippen LogP contribution in [0.25, 0.3) is 10.9 Å². The van der Waals surface area contributed by atoms with Gasteiger partial charge in [-0.1, -0.05) is 12.1 Å². The maximum absolute atomic E-state index is 13.3. The third-order valence-corrected chi connectivity index (χ3v) is 5.57. The summed E-state index contributed by atoms with van der Waals surface area (Å²) in [5.74, 6) is -0.286. The molecule has 0 bridgehead atoms. The Kier molecular flexibility index (Phi) is 5.72. The molecule has 0 aliphatic carbocycles. The van der Waals surface area contributed by atoms with Gasteiger partial charge < -0.3 is 24.6 Å². The molecule has 0 saturated heterocycles. The Morgan fingerprint density at radius 2 is 1.69 bits per heavy atom. The summed E-state index contributed by atoms with van der Waals surface area (Å²) >= 11 is 0. The topological polar surface area (TPSA) is 110 Å². The van der Waals surface area contributed by atoms with Crippen molar-refractivity contribution in [2.45, 2.75) is 6.54 Å². The van der Waals surface area contributed by atoms with Crippen LogP contribution >= 0.6 is 0 Å². The summed E-state index contributed by atoms with van der Waals surface area (Å²) < 4.78 is 12.2. The molecule has 35 heavy (non-hydrogen) atoms. The number of aromatic hydroxyl groups is 1. The highest BCUT2D eigenvalue weighted by atomic mass is 16.3. The van der Waals surface area contributed by atoms with Crippen molar-refractivity contribution in [3.8, 4) is 5.88 Å². The van der Waals surface area contributed by atoms with Crippen molar-refractivity contribution in [1.82, 2.24) is 9.47 Å². The van der Waals surface area contributed by atoms with Crippen LogP contribution in [0.1, 0.15) is 27.4 Å². The van der Waals surface area contributed by atoms with Gasteiger partial charge in [0.2, 0.25) is 5.88 Å². The number of hydrogen-bond donors (Lipinski definition) is 2. The van der Waals surface area contributed by atoms with Crippen LogP contribution in [0.15, 0.2) is 93.1 Å². The van der Waals surface area contributed by atoms with E-state index in [4.69, 9.17) is 19.6 Å². The summed E-state index contributed by atoms with van der Waals surface area (Å²) in [6.45, 7) is 0.805. The van der Waals surface area contributed by atoms with Crippen LogP contribution in [0.3, 0.4) is 0 Å². The summed E-state index contributed by atoms with van der Waals surface area (Å²) in [4.78, 5) is 20.2. The number of aromatic nitrogens is 1. The van der Waals surface area contributed by atoms with Crippen molar-refractivity contribution >= 4 is 33.9 Å². The fourth-order valence-corrected chi connectivity index (χ4v) is 4.06. The van der Waals surface area contributed by atoms with E-state index >= 15 is 0 Å². The second-order valence-electron chi connectivity index (χ2n) is 8.43. The van der Waals surface area contributed by atoms with E-state index in [1.165, 1.54) is 23.2 Å². The first kappa shape index (κ1) is 22.2. The van der Waals surface area contributed by atoms with E-state index in [1.54, 1.807) is 36.4 Å². The molecule has 0 radical (unpaired) electrons. The molecule has 5 rings (SSSR count). The zero-order valence-corrected chi connectivity index (χ0v) is 19.3. The van der Waals surface area contributed by atoms with Gasteiger partial charge in [-0.2, -0.15) is 0 Å². The first-order valence-corrected chi connectivity index (χ1v) is 11.0. The second-order valence-corrected chi connectivity index (χ2v) is 8.43. The van der Waals surface area contributed by atoms with Gasteiger partial charge in [0.1, 0.15) is 5.71 Å². The number of fused-ring (bicyclic) bond motifs is 1. The molecule has 0 saturated carbocycles. The van der Waals surface area contributed by atoms with Crippen molar-refractivity contribution < 1.29 is 18.7 Å². The average molecular weight is 469 g/mol. The van der Waals surface area contributed by atoms with Crippen molar-refractivity contribution in [3.63, 3.8) is 0 Å². The largest absolute Gasteiger partial charge is 0.494 e. The van der Waals surface area contributed by atoms with E-state index in [0.29, 0.717) is 39.3 Å². The van der Waals surface area contributed by atoms with Gasteiger partial charge in [0.05, 0.1) is 29.3 Å². The minimum Gasteiger partial charge on any atom is -0.494 e. The fourth-order valence-electron chi connectivity index (χ4n) is 4.06. The van der Waals surface area contributed by atoms with Gasteiger partial charge >= 0.3 is 5.91 Å². The summed E-state index contributed by atoms with van der Waals surface area (Å²) in [7, 11) is 4.02. The van der Waals surface area contributed by atoms with Crippen molar-refractivity contribution in [2.75, 3.05) is 19.8 Å². The lowest BCUT2D eigenvalue weighted by molar-refractivity contribution is 0.0929. The number of furan rings is 2. The SMILES string of the molecule is CN(C)Cc1ccc(N=C(c2ccco2)c2c(O)n(C(=O)c3ccco3)c3cc(N)ccc23)cc1. The molecule has 5 aromatic rings. The highest BCUT2D eigenvalue weighted by Gasteiger charge is 2.28. The summed E-state index contributed by atoms with van der Waals surface area (Å²) in [6, 6.07) is 19.6. The molecule has 0 aliphatic heterocycles. The van der Waals surface area contributed by atoms with Crippen molar-refractivity contribution in [2.24, 2.45) is 4.99 Å². The van der Waals surface area contributed by atoms with Crippen LogP contribution in [0, 0.1) is 0 Å². The van der Waals surface area contributed by atoms with E-state index in [-0.39, 0.29) is 11.6 Å². The predicted molar refractivity (Wildman–Crippen MR) is 134 cm³/mol. The average Bonchev–Trinajstić information content (AvgIpc) is 3.59. The molecule has 2 aromatic carbocycles. The van der Waals surface area contributed by atoms with E-state index in [2.05, 4.69) is 4.90 Å². The highest BCUT2D eigenvalue weighted by Crippen LogP contribution is 2.36. The fraction of sp³-hybridized carbons (Fsp3) is 0.111. The molecule has 176 valence electrons. The van der Waals surface area contributed by atoms with E-state index in [9.17, 15) is 9.90 Å². The number of nitrogens with two attached hydrogens (primary N) is 1. The smallest absolute Gasteiger partial charge is 0.300 e. The Bertz CT molecular complexity index is 1510. The number of carbonyl (C=O) groups excluding carboxylic acids is 1. The van der Waals surface area contributed by atoms with Gasteiger partial charge in [0, 0.05) is 17.6 Å². The third kappa shape index (κ3) is 4.22. The Balaban J connectivity index is 1.72. The van der Waals surface area contributed by atoms with Crippen LogP contribution in [0.2, 0.25) is 0 Å². The van der Waals surface area contributed by atoms with Crippen LogP contribution in [-0.2, 0) is 6.54 Å².